The molecule has 0 bridgehead atoms. The van der Waals surface area contributed by atoms with Crippen molar-refractivity contribution in [3.05, 3.63) is 30.1 Å². The Bertz CT molecular complexity index is 501. The van der Waals surface area contributed by atoms with Crippen LogP contribution >= 0.6 is 0 Å². The minimum atomic E-state index is -0.496. The van der Waals surface area contributed by atoms with Crippen molar-refractivity contribution in [2.45, 2.75) is 25.9 Å². The van der Waals surface area contributed by atoms with Crippen molar-refractivity contribution in [2.24, 2.45) is 5.16 Å². The van der Waals surface area contributed by atoms with Crippen LogP contribution in [-0.2, 0) is 4.84 Å². The molecule has 1 heterocycles. The van der Waals surface area contributed by atoms with Crippen LogP contribution in [0.25, 0.3) is 0 Å². The van der Waals surface area contributed by atoms with Gasteiger partial charge >= 0.3 is 6.03 Å². The number of rotatable bonds is 3. The Hall–Kier alpha value is -2.11. The minimum Gasteiger partial charge on any atom is -0.387 e. The fourth-order valence-electron chi connectivity index (χ4n) is 1.86. The van der Waals surface area contributed by atoms with Crippen molar-refractivity contribution in [3.8, 4) is 0 Å². The van der Waals surface area contributed by atoms with Gasteiger partial charge in [0.05, 0.1) is 12.3 Å². The predicted molar refractivity (Wildman–Crippen MR) is 70.6 cm³/mol. The van der Waals surface area contributed by atoms with Gasteiger partial charge in [0.2, 0.25) is 0 Å². The van der Waals surface area contributed by atoms with Crippen LogP contribution in [0.2, 0.25) is 0 Å². The minimum absolute atomic E-state index is 0.342. The van der Waals surface area contributed by atoms with Gasteiger partial charge in [0.15, 0.2) is 5.60 Å². The maximum Gasteiger partial charge on any atom is 0.319 e. The Morgan fingerprint density at radius 1 is 1.47 bits per heavy atom. The van der Waals surface area contributed by atoms with Crippen LogP contribution in [0.15, 0.2) is 29.4 Å². The van der Waals surface area contributed by atoms with E-state index in [1.54, 1.807) is 0 Å². The second-order valence-corrected chi connectivity index (χ2v) is 4.86. The number of hydrogen-bond acceptors (Lipinski definition) is 3. The Morgan fingerprint density at radius 2 is 2.16 bits per heavy atom. The first-order valence-corrected chi connectivity index (χ1v) is 5.99. The molecule has 0 aromatic heterocycles. The second kappa shape index (κ2) is 5.26. The number of urea groups is 1. The second-order valence-electron chi connectivity index (χ2n) is 4.86. The zero-order valence-corrected chi connectivity index (χ0v) is 10.9. The smallest absolute Gasteiger partial charge is 0.319 e. The number of carbonyl (C=O) groups excluding carboxylic acids is 1. The number of nitrogens with one attached hydrogen (secondary N) is 2. The van der Waals surface area contributed by atoms with E-state index in [0.717, 1.165) is 5.71 Å². The zero-order chi connectivity index (χ0) is 13.9. The third-order valence-corrected chi connectivity index (χ3v) is 2.78. The maximum atomic E-state index is 12.7. The highest BCUT2D eigenvalue weighted by Crippen LogP contribution is 2.22. The van der Waals surface area contributed by atoms with Crippen molar-refractivity contribution in [1.29, 1.82) is 0 Å². The number of oxime groups is 1. The summed E-state index contributed by atoms with van der Waals surface area (Å²) in [7, 11) is 0. The average Bonchev–Trinajstić information content (AvgIpc) is 2.71. The SMILES string of the molecule is CC1=NO[C@](C)(CNC(=O)Nc2ccc(F)cc2)C1. The van der Waals surface area contributed by atoms with E-state index >= 15 is 0 Å². The number of carbonyl (C=O) groups is 1. The van der Waals surface area contributed by atoms with E-state index in [1.165, 1.54) is 24.3 Å². The van der Waals surface area contributed by atoms with Gasteiger partial charge in [-0.05, 0) is 38.1 Å². The number of benzene rings is 1. The third kappa shape index (κ3) is 3.67. The van der Waals surface area contributed by atoms with Crippen molar-refractivity contribution in [3.63, 3.8) is 0 Å². The van der Waals surface area contributed by atoms with Gasteiger partial charge in [-0.3, -0.25) is 0 Å². The van der Waals surface area contributed by atoms with Crippen molar-refractivity contribution < 1.29 is 14.0 Å². The van der Waals surface area contributed by atoms with E-state index in [1.807, 2.05) is 13.8 Å². The lowest BCUT2D eigenvalue weighted by Gasteiger charge is -2.21. The molecule has 1 aliphatic rings. The summed E-state index contributed by atoms with van der Waals surface area (Å²) in [6.45, 7) is 4.11. The number of halogens is 1. The van der Waals surface area contributed by atoms with E-state index in [2.05, 4.69) is 15.8 Å². The fourth-order valence-corrected chi connectivity index (χ4v) is 1.86. The first-order valence-electron chi connectivity index (χ1n) is 5.99. The molecular formula is C13H16FN3O2. The summed E-state index contributed by atoms with van der Waals surface area (Å²) < 4.78 is 12.7. The van der Waals surface area contributed by atoms with Gasteiger partial charge in [-0.1, -0.05) is 5.16 Å². The van der Waals surface area contributed by atoms with Crippen LogP contribution in [-0.4, -0.2) is 23.9 Å². The van der Waals surface area contributed by atoms with Crippen LogP contribution in [0.4, 0.5) is 14.9 Å². The first kappa shape index (κ1) is 13.3. The van der Waals surface area contributed by atoms with Crippen LogP contribution in [0.3, 0.4) is 0 Å². The molecule has 0 aliphatic carbocycles. The van der Waals surface area contributed by atoms with Crippen molar-refractivity contribution >= 4 is 17.4 Å². The zero-order valence-electron chi connectivity index (χ0n) is 10.9. The molecule has 1 aliphatic heterocycles. The fraction of sp³-hybridized carbons (Fsp3) is 0.385. The summed E-state index contributed by atoms with van der Waals surface area (Å²) in [5, 5.41) is 9.18. The summed E-state index contributed by atoms with van der Waals surface area (Å²) in [5.74, 6) is -0.342. The van der Waals surface area contributed by atoms with E-state index in [4.69, 9.17) is 4.84 Å². The summed E-state index contributed by atoms with van der Waals surface area (Å²) in [6.07, 6.45) is 0.684. The molecule has 2 N–H and O–H groups in total. The molecule has 2 amide bonds. The molecule has 6 heteroatoms. The lowest BCUT2D eigenvalue weighted by molar-refractivity contribution is -0.0000959. The molecule has 2 rings (SSSR count). The predicted octanol–water partition coefficient (Wildman–Crippen LogP) is 2.50. The van der Waals surface area contributed by atoms with Crippen LogP contribution in [0.1, 0.15) is 20.3 Å². The molecule has 0 fully saturated rings. The van der Waals surface area contributed by atoms with Crippen molar-refractivity contribution in [2.75, 3.05) is 11.9 Å². The van der Waals surface area contributed by atoms with Crippen LogP contribution in [0, 0.1) is 5.82 Å². The van der Waals surface area contributed by atoms with Gasteiger partial charge in [0.1, 0.15) is 5.82 Å². The lowest BCUT2D eigenvalue weighted by Crippen LogP contribution is -2.42. The van der Waals surface area contributed by atoms with E-state index in [9.17, 15) is 9.18 Å². The number of anilines is 1. The molecule has 0 spiro atoms. The quantitative estimate of drug-likeness (QED) is 0.882. The molecule has 102 valence electrons. The Labute approximate surface area is 110 Å². The average molecular weight is 265 g/mol. The van der Waals surface area contributed by atoms with Gasteiger partial charge in [-0.15, -0.1) is 0 Å². The summed E-state index contributed by atoms with van der Waals surface area (Å²) >= 11 is 0. The Balaban J connectivity index is 1.80. The largest absolute Gasteiger partial charge is 0.387 e. The highest BCUT2D eigenvalue weighted by atomic mass is 19.1. The van der Waals surface area contributed by atoms with Gasteiger partial charge < -0.3 is 15.5 Å². The molecule has 0 unspecified atom stereocenters. The highest BCUT2D eigenvalue weighted by molar-refractivity contribution is 5.89. The highest BCUT2D eigenvalue weighted by Gasteiger charge is 2.32. The molecule has 0 radical (unpaired) electrons. The molecule has 19 heavy (non-hydrogen) atoms. The van der Waals surface area contributed by atoms with Gasteiger partial charge in [-0.2, -0.15) is 0 Å². The number of hydrogen-bond donors (Lipinski definition) is 2. The van der Waals surface area contributed by atoms with E-state index in [-0.39, 0.29) is 11.8 Å². The van der Waals surface area contributed by atoms with Gasteiger partial charge in [-0.25, -0.2) is 9.18 Å². The van der Waals surface area contributed by atoms with E-state index < -0.39 is 5.60 Å². The number of nitrogens with zero attached hydrogens (tertiary/aromatic N) is 1. The third-order valence-electron chi connectivity index (χ3n) is 2.78. The lowest BCUT2D eigenvalue weighted by atomic mass is 10.0. The first-order chi connectivity index (χ1) is 8.97. The van der Waals surface area contributed by atoms with Crippen LogP contribution < -0.4 is 10.6 Å². The standard InChI is InChI=1S/C13H16FN3O2/c1-9-7-13(2,19-17-9)8-15-12(18)16-11-5-3-10(14)4-6-11/h3-6H,7-8H2,1-2H3,(H2,15,16,18)/t13-/m0/s1. The van der Waals surface area contributed by atoms with Gasteiger partial charge in [0.25, 0.3) is 0 Å². The molecule has 0 saturated heterocycles. The molecule has 1 aromatic rings. The summed E-state index contributed by atoms with van der Waals surface area (Å²) in [6, 6.07) is 5.20. The monoisotopic (exact) mass is 265 g/mol. The van der Waals surface area contributed by atoms with Crippen LogP contribution in [0.5, 0.6) is 0 Å². The summed E-state index contributed by atoms with van der Waals surface area (Å²) in [5.41, 5.74) is 0.941. The molecule has 0 saturated carbocycles. The Morgan fingerprint density at radius 3 is 2.74 bits per heavy atom. The van der Waals surface area contributed by atoms with E-state index in [0.29, 0.717) is 18.7 Å². The topological polar surface area (TPSA) is 62.7 Å². The molecule has 5 nitrogen and oxygen atoms in total. The Kier molecular flexibility index (Phi) is 3.69. The number of amides is 2. The molecule has 1 atom stereocenters. The van der Waals surface area contributed by atoms with Gasteiger partial charge in [0, 0.05) is 12.1 Å². The summed E-state index contributed by atoms with van der Waals surface area (Å²) in [4.78, 5) is 16.9. The maximum absolute atomic E-state index is 12.7. The molecule has 1 aromatic carbocycles. The normalized spacial score (nSPS) is 21.5. The molecular weight excluding hydrogens is 249 g/mol. The van der Waals surface area contributed by atoms with Crippen molar-refractivity contribution in [1.82, 2.24) is 5.32 Å².